The van der Waals surface area contributed by atoms with Crippen LogP contribution in [0.25, 0.3) is 0 Å². The van der Waals surface area contributed by atoms with Crippen molar-refractivity contribution in [3.05, 3.63) is 36.3 Å². The number of carbonyl (C=O) groups excluding carboxylic acids is 2. The fourth-order valence-corrected chi connectivity index (χ4v) is 9.76. The van der Waals surface area contributed by atoms with Crippen molar-refractivity contribution in [3.8, 4) is 0 Å². The zero-order chi connectivity index (χ0) is 23.6. The van der Waals surface area contributed by atoms with Gasteiger partial charge in [-0.15, -0.1) is 0 Å². The maximum atomic E-state index is 12.9. The summed E-state index contributed by atoms with van der Waals surface area (Å²) in [5.41, 5.74) is -0.107. The number of fused-ring (bicyclic) bond motifs is 3. The first-order chi connectivity index (χ1) is 15.4. The van der Waals surface area contributed by atoms with Gasteiger partial charge in [0.2, 0.25) is 0 Å². The Morgan fingerprint density at radius 2 is 1.88 bits per heavy atom. The van der Waals surface area contributed by atoms with Crippen molar-refractivity contribution in [2.45, 2.75) is 91.0 Å². The van der Waals surface area contributed by atoms with Crippen molar-refractivity contribution in [1.82, 2.24) is 0 Å². The number of epoxide rings is 1. The molecule has 5 nitrogen and oxygen atoms in total. The van der Waals surface area contributed by atoms with E-state index in [1.807, 2.05) is 12.3 Å². The summed E-state index contributed by atoms with van der Waals surface area (Å²) in [6.07, 6.45) is 11.3. The second-order valence-corrected chi connectivity index (χ2v) is 12.7. The van der Waals surface area contributed by atoms with Crippen molar-refractivity contribution >= 4 is 11.8 Å². The number of furan rings is 1. The van der Waals surface area contributed by atoms with Crippen molar-refractivity contribution < 1.29 is 23.5 Å². The zero-order valence-electron chi connectivity index (χ0n) is 20.6. The number of esters is 1. The molecule has 5 aliphatic rings. The van der Waals surface area contributed by atoms with E-state index >= 15 is 0 Å². The van der Waals surface area contributed by atoms with Crippen LogP contribution >= 0.6 is 0 Å². The molecule has 33 heavy (non-hydrogen) atoms. The van der Waals surface area contributed by atoms with Crippen LogP contribution in [-0.4, -0.2) is 29.6 Å². The Morgan fingerprint density at radius 3 is 2.55 bits per heavy atom. The molecule has 1 saturated heterocycles. The molecular formula is C28H36O5. The van der Waals surface area contributed by atoms with Gasteiger partial charge in [0.05, 0.1) is 18.6 Å². The Kier molecular flexibility index (Phi) is 4.07. The topological polar surface area (TPSA) is 69.0 Å². The monoisotopic (exact) mass is 452 g/mol. The number of carbonyl (C=O) groups is 2. The maximum absolute atomic E-state index is 12.9. The Morgan fingerprint density at radius 1 is 1.12 bits per heavy atom. The van der Waals surface area contributed by atoms with Gasteiger partial charge in [-0.05, 0) is 66.6 Å². The Bertz CT molecular complexity index is 1050. The Hall–Kier alpha value is -1.88. The lowest BCUT2D eigenvalue weighted by molar-refractivity contribution is -0.232. The molecule has 4 fully saturated rings. The number of ether oxygens (including phenoxy) is 2. The molecule has 5 heteroatoms. The molecule has 0 N–H and O–H groups in total. The molecule has 0 aromatic carbocycles. The van der Waals surface area contributed by atoms with E-state index in [9.17, 15) is 9.59 Å². The molecule has 1 spiro atoms. The molecule has 0 bridgehead atoms. The normalized spacial score (nSPS) is 51.2. The molecule has 178 valence electrons. The summed E-state index contributed by atoms with van der Waals surface area (Å²) in [5.74, 6) is 0.683. The van der Waals surface area contributed by atoms with Crippen molar-refractivity contribution in [2.75, 3.05) is 0 Å². The van der Waals surface area contributed by atoms with Crippen LogP contribution in [0.2, 0.25) is 0 Å². The van der Waals surface area contributed by atoms with Crippen molar-refractivity contribution in [2.24, 2.45) is 33.5 Å². The second kappa shape index (κ2) is 6.21. The first-order valence-corrected chi connectivity index (χ1v) is 12.5. The zero-order valence-corrected chi connectivity index (χ0v) is 20.6. The predicted octanol–water partition coefficient (Wildman–Crippen LogP) is 5.45. The van der Waals surface area contributed by atoms with Crippen LogP contribution in [0, 0.1) is 33.5 Å². The number of rotatable bonds is 2. The lowest BCUT2D eigenvalue weighted by Gasteiger charge is -2.67. The fraction of sp³-hybridized carbons (Fsp3) is 0.714. The summed E-state index contributed by atoms with van der Waals surface area (Å²) in [4.78, 5) is 25.3. The van der Waals surface area contributed by atoms with Crippen LogP contribution in [0.1, 0.15) is 78.7 Å². The Balaban J connectivity index is 1.52. The van der Waals surface area contributed by atoms with Gasteiger partial charge >= 0.3 is 5.97 Å². The molecule has 6 rings (SSSR count). The van der Waals surface area contributed by atoms with Crippen molar-refractivity contribution in [1.29, 1.82) is 0 Å². The second-order valence-electron chi connectivity index (χ2n) is 12.7. The number of hydrogen-bond acceptors (Lipinski definition) is 5. The third-order valence-corrected chi connectivity index (χ3v) is 11.2. The van der Waals surface area contributed by atoms with Gasteiger partial charge in [0.15, 0.2) is 5.78 Å². The minimum Gasteiger partial charge on any atom is -0.472 e. The van der Waals surface area contributed by atoms with E-state index in [1.54, 1.807) is 6.26 Å². The van der Waals surface area contributed by atoms with Gasteiger partial charge in [-0.1, -0.05) is 40.7 Å². The number of hydrogen-bond donors (Lipinski definition) is 0. The van der Waals surface area contributed by atoms with E-state index in [1.165, 1.54) is 12.5 Å². The van der Waals surface area contributed by atoms with Crippen LogP contribution < -0.4 is 0 Å². The van der Waals surface area contributed by atoms with Gasteiger partial charge in [-0.2, -0.15) is 0 Å². The molecular weight excluding hydrogens is 416 g/mol. The van der Waals surface area contributed by atoms with Gasteiger partial charge in [-0.25, -0.2) is 0 Å². The molecule has 4 aliphatic carbocycles. The average Bonchev–Trinajstić information content (AvgIpc) is 3.10. The molecule has 0 radical (unpaired) electrons. The SMILES string of the molecule is CC(=O)O[C@@H]1C[C@H]2C(C)(C)C(=O)C=C[C@]2(C)[C@@H]2CC[C@@]3(C)[C@H](c4ccoc4)C[C@H]4O[C@]43[C@]12C. The van der Waals surface area contributed by atoms with Crippen LogP contribution in [0.5, 0.6) is 0 Å². The third-order valence-electron chi connectivity index (χ3n) is 11.2. The molecule has 0 amide bonds. The highest BCUT2D eigenvalue weighted by Crippen LogP contribution is 2.82. The number of ketones is 1. The van der Waals surface area contributed by atoms with E-state index in [4.69, 9.17) is 13.9 Å². The van der Waals surface area contributed by atoms with E-state index in [-0.39, 0.29) is 57.6 Å². The van der Waals surface area contributed by atoms with Crippen LogP contribution in [-0.2, 0) is 19.1 Å². The standard InChI is InChI=1S/C28H36O5/c1-16(29)32-22-14-20-24(2,3)21(30)8-10-25(20,4)19-7-11-26(5)18(17-9-12-31-15-17)13-23-28(26,33-23)27(19,22)6/h8-10,12,15,18-20,22-23H,7,11,13-14H2,1-6H3/t18-,19-,20-,22+,23+,25+,26-,27-,28+/m0/s1. The van der Waals surface area contributed by atoms with Crippen molar-refractivity contribution in [3.63, 3.8) is 0 Å². The van der Waals surface area contributed by atoms with Gasteiger partial charge in [0.25, 0.3) is 0 Å². The number of allylic oxidation sites excluding steroid dienone is 2. The minimum atomic E-state index is -0.486. The van der Waals surface area contributed by atoms with Crippen LogP contribution in [0.4, 0.5) is 0 Å². The fourth-order valence-electron chi connectivity index (χ4n) is 9.76. The Labute approximate surface area is 196 Å². The largest absolute Gasteiger partial charge is 0.472 e. The third kappa shape index (κ3) is 2.28. The summed E-state index contributed by atoms with van der Waals surface area (Å²) in [5, 5.41) is 0. The molecule has 9 atom stereocenters. The van der Waals surface area contributed by atoms with E-state index < -0.39 is 5.41 Å². The highest BCUT2D eigenvalue weighted by atomic mass is 16.6. The maximum Gasteiger partial charge on any atom is 0.302 e. The van der Waals surface area contributed by atoms with Gasteiger partial charge in [0, 0.05) is 23.2 Å². The summed E-state index contributed by atoms with van der Waals surface area (Å²) in [6, 6.07) is 2.10. The van der Waals surface area contributed by atoms with Gasteiger partial charge in [0.1, 0.15) is 11.7 Å². The molecule has 1 aliphatic heterocycles. The highest BCUT2D eigenvalue weighted by Gasteiger charge is 2.87. The summed E-state index contributed by atoms with van der Waals surface area (Å²) in [6.45, 7) is 12.7. The predicted molar refractivity (Wildman–Crippen MR) is 122 cm³/mol. The summed E-state index contributed by atoms with van der Waals surface area (Å²) in [7, 11) is 0. The minimum absolute atomic E-state index is 0.0574. The average molecular weight is 453 g/mol. The van der Waals surface area contributed by atoms with Gasteiger partial charge < -0.3 is 13.9 Å². The lowest BCUT2D eigenvalue weighted by Crippen LogP contribution is -2.70. The molecule has 2 heterocycles. The summed E-state index contributed by atoms with van der Waals surface area (Å²) < 4.78 is 18.4. The smallest absolute Gasteiger partial charge is 0.302 e. The van der Waals surface area contributed by atoms with Crippen LogP contribution in [0.15, 0.2) is 35.2 Å². The molecule has 1 aromatic rings. The van der Waals surface area contributed by atoms with E-state index in [0.717, 1.165) is 19.3 Å². The summed E-state index contributed by atoms with van der Waals surface area (Å²) >= 11 is 0. The quantitative estimate of drug-likeness (QED) is 0.441. The lowest BCUT2D eigenvalue weighted by atomic mass is 9.36. The van der Waals surface area contributed by atoms with Crippen LogP contribution in [0.3, 0.4) is 0 Å². The first kappa shape index (κ1) is 21.6. The van der Waals surface area contributed by atoms with E-state index in [2.05, 4.69) is 46.8 Å². The van der Waals surface area contributed by atoms with Gasteiger partial charge in [-0.3, -0.25) is 9.59 Å². The van der Waals surface area contributed by atoms with E-state index in [0.29, 0.717) is 12.3 Å². The molecule has 1 aromatic heterocycles. The molecule has 3 saturated carbocycles. The molecule has 0 unspecified atom stereocenters. The highest BCUT2D eigenvalue weighted by molar-refractivity contribution is 5.95. The first-order valence-electron chi connectivity index (χ1n) is 12.5.